The normalized spacial score (nSPS) is 10.6. The number of nitrogens with zero attached hydrogens (tertiary/aromatic N) is 1. The van der Waals surface area contributed by atoms with Gasteiger partial charge in [0, 0.05) is 24.2 Å². The molecule has 0 atom stereocenters. The second-order valence-electron chi connectivity index (χ2n) is 4.61. The molecule has 0 aliphatic carbocycles. The Morgan fingerprint density at radius 3 is 2.86 bits per heavy atom. The van der Waals surface area contributed by atoms with Crippen LogP contribution >= 0.6 is 0 Å². The maximum Gasteiger partial charge on any atom is 0.227 e. The Kier molecular flexibility index (Phi) is 3.31. The highest BCUT2D eigenvalue weighted by Crippen LogP contribution is 2.28. The van der Waals surface area contributed by atoms with Crippen LogP contribution in [0.1, 0.15) is 6.92 Å². The van der Waals surface area contributed by atoms with Crippen molar-refractivity contribution in [1.29, 1.82) is 0 Å². The van der Waals surface area contributed by atoms with Crippen molar-refractivity contribution in [1.82, 2.24) is 4.98 Å². The number of oxazole rings is 1. The van der Waals surface area contributed by atoms with E-state index in [0.29, 0.717) is 17.2 Å². The summed E-state index contributed by atoms with van der Waals surface area (Å²) in [5, 5.41) is 2.74. The first-order chi connectivity index (χ1) is 10.2. The van der Waals surface area contributed by atoms with Crippen molar-refractivity contribution in [3.63, 3.8) is 0 Å². The molecule has 0 aliphatic heterocycles. The summed E-state index contributed by atoms with van der Waals surface area (Å²) in [6.07, 6.45) is 0. The van der Waals surface area contributed by atoms with Crippen LogP contribution in [0.25, 0.3) is 22.6 Å². The molecule has 106 valence electrons. The Morgan fingerprint density at radius 2 is 2.10 bits per heavy atom. The summed E-state index contributed by atoms with van der Waals surface area (Å²) in [5.41, 5.74) is 2.93. The van der Waals surface area contributed by atoms with Gasteiger partial charge in [0.2, 0.25) is 11.8 Å². The molecule has 0 radical (unpaired) electrons. The van der Waals surface area contributed by atoms with Gasteiger partial charge < -0.3 is 14.5 Å². The maximum atomic E-state index is 11.1. The predicted molar refractivity (Wildman–Crippen MR) is 80.3 cm³/mol. The van der Waals surface area contributed by atoms with E-state index in [2.05, 4.69) is 10.3 Å². The molecular weight excluding hydrogens is 268 g/mol. The number of carbonyl (C=O) groups is 1. The van der Waals surface area contributed by atoms with E-state index in [1.807, 2.05) is 42.5 Å². The number of nitrogens with one attached hydrogen (secondary N) is 1. The van der Waals surface area contributed by atoms with E-state index in [9.17, 15) is 4.79 Å². The number of aromatic nitrogens is 1. The average Bonchev–Trinajstić information content (AvgIpc) is 2.89. The Bertz CT molecular complexity index is 808. The van der Waals surface area contributed by atoms with Crippen molar-refractivity contribution >= 4 is 22.7 Å². The lowest BCUT2D eigenvalue weighted by Gasteiger charge is -2.02. The van der Waals surface area contributed by atoms with E-state index < -0.39 is 0 Å². The summed E-state index contributed by atoms with van der Waals surface area (Å²) in [5.74, 6) is 1.12. The number of amides is 1. The first kappa shape index (κ1) is 13.2. The molecule has 0 aliphatic rings. The Hall–Kier alpha value is -2.82. The zero-order valence-corrected chi connectivity index (χ0v) is 11.7. The highest BCUT2D eigenvalue weighted by atomic mass is 16.5. The summed E-state index contributed by atoms with van der Waals surface area (Å²) in [4.78, 5) is 15.6. The van der Waals surface area contributed by atoms with Crippen molar-refractivity contribution in [2.75, 3.05) is 12.4 Å². The molecule has 1 amide bonds. The van der Waals surface area contributed by atoms with Crippen LogP contribution < -0.4 is 10.1 Å². The van der Waals surface area contributed by atoms with Gasteiger partial charge in [0.15, 0.2) is 5.58 Å². The van der Waals surface area contributed by atoms with Gasteiger partial charge in [-0.25, -0.2) is 4.98 Å². The fraction of sp³-hybridized carbons (Fsp3) is 0.125. The standard InChI is InChI=1S/C16H14N2O3/c1-10(19)17-12-5-3-4-11(8-12)16-18-14-9-13(20-2)6-7-15(14)21-16/h3-9H,1-2H3,(H,17,19). The minimum atomic E-state index is -0.116. The SMILES string of the molecule is COc1ccc2oc(-c3cccc(NC(C)=O)c3)nc2c1. The van der Waals surface area contributed by atoms with Crippen molar-refractivity contribution < 1.29 is 13.9 Å². The second kappa shape index (κ2) is 5.28. The number of methoxy groups -OCH3 is 1. The summed E-state index contributed by atoms with van der Waals surface area (Å²) >= 11 is 0. The third-order valence-electron chi connectivity index (χ3n) is 3.02. The molecule has 5 nitrogen and oxygen atoms in total. The van der Waals surface area contributed by atoms with Crippen molar-refractivity contribution in [3.05, 3.63) is 42.5 Å². The highest BCUT2D eigenvalue weighted by Gasteiger charge is 2.09. The lowest BCUT2D eigenvalue weighted by atomic mass is 10.2. The van der Waals surface area contributed by atoms with Crippen molar-refractivity contribution in [2.24, 2.45) is 0 Å². The summed E-state index contributed by atoms with van der Waals surface area (Å²) in [7, 11) is 1.61. The van der Waals surface area contributed by atoms with Gasteiger partial charge in [-0.2, -0.15) is 0 Å². The van der Waals surface area contributed by atoms with Gasteiger partial charge in [-0.3, -0.25) is 4.79 Å². The highest BCUT2D eigenvalue weighted by molar-refractivity contribution is 5.89. The molecule has 3 aromatic rings. The molecule has 2 aromatic carbocycles. The molecule has 21 heavy (non-hydrogen) atoms. The van der Waals surface area contributed by atoms with Crippen LogP contribution in [0.2, 0.25) is 0 Å². The molecule has 5 heteroatoms. The second-order valence-corrected chi connectivity index (χ2v) is 4.61. The largest absolute Gasteiger partial charge is 0.497 e. The average molecular weight is 282 g/mol. The molecule has 0 fully saturated rings. The zero-order valence-electron chi connectivity index (χ0n) is 11.7. The van der Waals surface area contributed by atoms with Crippen LogP contribution in [-0.4, -0.2) is 18.0 Å². The topological polar surface area (TPSA) is 64.4 Å². The summed E-state index contributed by atoms with van der Waals surface area (Å²) < 4.78 is 10.9. The molecule has 1 aromatic heterocycles. The van der Waals surface area contributed by atoms with Crippen molar-refractivity contribution in [3.8, 4) is 17.2 Å². The quantitative estimate of drug-likeness (QED) is 0.799. The molecule has 0 bridgehead atoms. The van der Waals surface area contributed by atoms with Crippen LogP contribution in [0.4, 0.5) is 5.69 Å². The maximum absolute atomic E-state index is 11.1. The molecule has 3 rings (SSSR count). The minimum Gasteiger partial charge on any atom is -0.497 e. The molecular formula is C16H14N2O3. The van der Waals surface area contributed by atoms with Crippen LogP contribution in [0.15, 0.2) is 46.9 Å². The molecule has 0 saturated carbocycles. The van der Waals surface area contributed by atoms with E-state index in [0.717, 1.165) is 16.8 Å². The van der Waals surface area contributed by atoms with Gasteiger partial charge in [-0.05, 0) is 30.3 Å². The summed E-state index contributed by atoms with van der Waals surface area (Å²) in [6, 6.07) is 12.8. The van der Waals surface area contributed by atoms with Gasteiger partial charge in [-0.1, -0.05) is 6.07 Å². The lowest BCUT2D eigenvalue weighted by molar-refractivity contribution is -0.114. The van der Waals surface area contributed by atoms with E-state index in [4.69, 9.17) is 9.15 Å². The van der Waals surface area contributed by atoms with Crippen LogP contribution in [-0.2, 0) is 4.79 Å². The zero-order chi connectivity index (χ0) is 14.8. The van der Waals surface area contributed by atoms with E-state index in [1.54, 1.807) is 7.11 Å². The van der Waals surface area contributed by atoms with Gasteiger partial charge in [-0.15, -0.1) is 0 Å². The van der Waals surface area contributed by atoms with Gasteiger partial charge in [0.1, 0.15) is 11.3 Å². The molecule has 0 spiro atoms. The van der Waals surface area contributed by atoms with Gasteiger partial charge >= 0.3 is 0 Å². The number of rotatable bonds is 3. The number of benzene rings is 2. The first-order valence-corrected chi connectivity index (χ1v) is 6.48. The Morgan fingerprint density at radius 1 is 1.24 bits per heavy atom. The van der Waals surface area contributed by atoms with E-state index >= 15 is 0 Å². The number of fused-ring (bicyclic) bond motifs is 1. The number of ether oxygens (including phenoxy) is 1. The molecule has 0 saturated heterocycles. The number of anilines is 1. The van der Waals surface area contributed by atoms with Crippen LogP contribution in [0.3, 0.4) is 0 Å². The fourth-order valence-corrected chi connectivity index (χ4v) is 2.09. The fourth-order valence-electron chi connectivity index (χ4n) is 2.09. The van der Waals surface area contributed by atoms with Crippen LogP contribution in [0, 0.1) is 0 Å². The lowest BCUT2D eigenvalue weighted by Crippen LogP contribution is -2.05. The Balaban J connectivity index is 2.01. The van der Waals surface area contributed by atoms with E-state index in [1.165, 1.54) is 6.92 Å². The minimum absolute atomic E-state index is 0.116. The monoisotopic (exact) mass is 282 g/mol. The predicted octanol–water partition coefficient (Wildman–Crippen LogP) is 3.46. The smallest absolute Gasteiger partial charge is 0.227 e. The Labute approximate surface area is 121 Å². The van der Waals surface area contributed by atoms with E-state index in [-0.39, 0.29) is 5.91 Å². The third-order valence-corrected chi connectivity index (χ3v) is 3.02. The number of carbonyl (C=O) groups excluding carboxylic acids is 1. The first-order valence-electron chi connectivity index (χ1n) is 6.48. The number of hydrogen-bond acceptors (Lipinski definition) is 4. The molecule has 0 unspecified atom stereocenters. The summed E-state index contributed by atoms with van der Waals surface area (Å²) in [6.45, 7) is 1.47. The van der Waals surface area contributed by atoms with Crippen molar-refractivity contribution in [2.45, 2.75) is 6.92 Å². The van der Waals surface area contributed by atoms with Gasteiger partial charge in [0.05, 0.1) is 7.11 Å². The third kappa shape index (κ3) is 2.72. The molecule has 1 heterocycles. The van der Waals surface area contributed by atoms with Gasteiger partial charge in [0.25, 0.3) is 0 Å². The molecule has 1 N–H and O–H groups in total. The van der Waals surface area contributed by atoms with Crippen LogP contribution in [0.5, 0.6) is 5.75 Å². The number of hydrogen-bond donors (Lipinski definition) is 1.